The van der Waals surface area contributed by atoms with Crippen molar-refractivity contribution in [2.45, 2.75) is 81.3 Å². The highest BCUT2D eigenvalue weighted by molar-refractivity contribution is 6.05. The summed E-state index contributed by atoms with van der Waals surface area (Å²) < 4.78 is 18.6. The number of nitrogens with zero attached hydrogens (tertiary/aromatic N) is 2. The molecule has 3 aromatic carbocycles. The van der Waals surface area contributed by atoms with Crippen LogP contribution < -0.4 is 10.2 Å². The SMILES string of the molecule is C=CCCC(=O)N[C@@H](COC)[C@@H](OC(=O)[C@@H]1[C@H]2C(=O)N(CCCCCCO)[C@H](C(=O)N(CC=C)c3ccc4ccccc4c3)[C@]23CC[C@H]1O3)c1ccccc1. The third kappa shape index (κ3) is 8.24. The zero-order chi connectivity index (χ0) is 39.0. The number of rotatable bonds is 20. The first-order chi connectivity index (χ1) is 26.8. The average Bonchev–Trinajstić information content (AvgIpc) is 3.85. The second-order valence-electron chi connectivity index (χ2n) is 14.7. The number of carbonyl (C=O) groups is 4. The third-order valence-electron chi connectivity index (χ3n) is 11.2. The molecule has 0 unspecified atom stereocenters. The number of aliphatic hydroxyl groups excluding tert-OH is 1. The van der Waals surface area contributed by atoms with E-state index in [1.165, 1.54) is 7.11 Å². The summed E-state index contributed by atoms with van der Waals surface area (Å²) in [6.45, 7) is 8.31. The van der Waals surface area contributed by atoms with Crippen molar-refractivity contribution in [1.82, 2.24) is 10.2 Å². The summed E-state index contributed by atoms with van der Waals surface area (Å²) in [5.41, 5.74) is 0.0931. The number of benzene rings is 3. The van der Waals surface area contributed by atoms with Crippen molar-refractivity contribution in [1.29, 1.82) is 0 Å². The molecule has 7 atom stereocenters. The van der Waals surface area contributed by atoms with Gasteiger partial charge < -0.3 is 34.4 Å². The zero-order valence-electron chi connectivity index (χ0n) is 31.6. The lowest BCUT2D eigenvalue weighted by atomic mass is 9.70. The van der Waals surface area contributed by atoms with Gasteiger partial charge in [-0.05, 0) is 60.6 Å². The lowest BCUT2D eigenvalue weighted by Crippen LogP contribution is -2.56. The predicted octanol–water partition coefficient (Wildman–Crippen LogP) is 5.67. The van der Waals surface area contributed by atoms with Crippen LogP contribution >= 0.6 is 0 Å². The third-order valence-corrected chi connectivity index (χ3v) is 11.2. The van der Waals surface area contributed by atoms with E-state index in [2.05, 4.69) is 18.5 Å². The van der Waals surface area contributed by atoms with Gasteiger partial charge in [0.15, 0.2) is 0 Å². The van der Waals surface area contributed by atoms with Gasteiger partial charge in [-0.2, -0.15) is 0 Å². The lowest BCUT2D eigenvalue weighted by Gasteiger charge is -2.37. The Kier molecular flexibility index (Phi) is 13.2. The largest absolute Gasteiger partial charge is 0.455 e. The van der Waals surface area contributed by atoms with Crippen LogP contribution in [0.15, 0.2) is 98.1 Å². The molecule has 3 saturated heterocycles. The number of carbonyl (C=O) groups excluding carboxylic acids is 4. The number of hydrogen-bond donors (Lipinski definition) is 2. The molecule has 0 aromatic heterocycles. The van der Waals surface area contributed by atoms with Gasteiger partial charge in [-0.3, -0.25) is 19.2 Å². The number of fused-ring (bicyclic) bond motifs is 2. The molecule has 11 heteroatoms. The zero-order valence-corrected chi connectivity index (χ0v) is 31.6. The van der Waals surface area contributed by atoms with Gasteiger partial charge in [0.2, 0.25) is 11.8 Å². The molecular formula is C44H53N3O8. The molecule has 0 radical (unpaired) electrons. The molecule has 2 N–H and O–H groups in total. The first-order valence-corrected chi connectivity index (χ1v) is 19.4. The molecule has 0 saturated carbocycles. The van der Waals surface area contributed by atoms with Crippen molar-refractivity contribution in [3.05, 3.63) is 104 Å². The Morgan fingerprint density at radius 3 is 2.49 bits per heavy atom. The number of nitrogens with one attached hydrogen (secondary N) is 1. The number of aliphatic hydroxyl groups is 1. The van der Waals surface area contributed by atoms with Gasteiger partial charge in [0.25, 0.3) is 5.91 Å². The second-order valence-corrected chi connectivity index (χ2v) is 14.7. The van der Waals surface area contributed by atoms with Gasteiger partial charge in [-0.1, -0.05) is 85.7 Å². The van der Waals surface area contributed by atoms with Crippen LogP contribution in [0.2, 0.25) is 0 Å². The van der Waals surface area contributed by atoms with Crippen LogP contribution in [0.1, 0.15) is 63.0 Å². The monoisotopic (exact) mass is 751 g/mol. The number of likely N-dealkylation sites (tertiary alicyclic amines) is 1. The molecule has 3 aliphatic heterocycles. The highest BCUT2D eigenvalue weighted by Gasteiger charge is 2.75. The summed E-state index contributed by atoms with van der Waals surface area (Å²) in [4.78, 5) is 60.7. The molecule has 292 valence electrons. The molecule has 3 heterocycles. The molecule has 11 nitrogen and oxygen atoms in total. The summed E-state index contributed by atoms with van der Waals surface area (Å²) in [6.07, 6.45) is 6.20. The van der Waals surface area contributed by atoms with Crippen molar-refractivity contribution in [3.63, 3.8) is 0 Å². The molecule has 3 fully saturated rings. The number of hydrogen-bond acceptors (Lipinski definition) is 8. The van der Waals surface area contributed by atoms with Gasteiger partial charge in [-0.25, -0.2) is 0 Å². The van der Waals surface area contributed by atoms with Crippen LogP contribution in [0.5, 0.6) is 0 Å². The van der Waals surface area contributed by atoms with Crippen LogP contribution in [-0.2, 0) is 33.4 Å². The molecular weight excluding hydrogens is 698 g/mol. The van der Waals surface area contributed by atoms with Crippen LogP contribution in [0.3, 0.4) is 0 Å². The first kappa shape index (κ1) is 39.8. The van der Waals surface area contributed by atoms with Gasteiger partial charge in [0.05, 0.1) is 30.6 Å². The van der Waals surface area contributed by atoms with E-state index in [0.29, 0.717) is 49.9 Å². The Bertz CT molecular complexity index is 1850. The van der Waals surface area contributed by atoms with Gasteiger partial charge in [0, 0.05) is 38.9 Å². The fourth-order valence-electron chi connectivity index (χ4n) is 8.76. The maximum atomic E-state index is 15.1. The van der Waals surface area contributed by atoms with Crippen LogP contribution in [0.25, 0.3) is 10.8 Å². The smallest absolute Gasteiger partial charge is 0.313 e. The molecule has 55 heavy (non-hydrogen) atoms. The van der Waals surface area contributed by atoms with Crippen LogP contribution in [0.4, 0.5) is 5.69 Å². The number of unbranched alkanes of at least 4 members (excludes halogenated alkanes) is 3. The van der Waals surface area contributed by atoms with Crippen molar-refractivity contribution in [2.75, 3.05) is 38.3 Å². The minimum Gasteiger partial charge on any atom is -0.455 e. The fraction of sp³-hybridized carbons (Fsp3) is 0.455. The molecule has 0 aliphatic carbocycles. The maximum absolute atomic E-state index is 15.1. The molecule has 3 amide bonds. The predicted molar refractivity (Wildman–Crippen MR) is 210 cm³/mol. The molecule has 1 spiro atoms. The van der Waals surface area contributed by atoms with Crippen LogP contribution in [0, 0.1) is 11.8 Å². The number of amides is 3. The van der Waals surface area contributed by atoms with E-state index in [1.54, 1.807) is 22.0 Å². The van der Waals surface area contributed by atoms with E-state index in [4.69, 9.17) is 14.2 Å². The van der Waals surface area contributed by atoms with Gasteiger partial charge >= 0.3 is 5.97 Å². The molecule has 3 aliphatic rings. The number of ether oxygens (including phenoxy) is 3. The summed E-state index contributed by atoms with van der Waals surface area (Å²) >= 11 is 0. The quantitative estimate of drug-likeness (QED) is 0.0858. The average molecular weight is 752 g/mol. The van der Waals surface area contributed by atoms with E-state index < -0.39 is 47.7 Å². The summed E-state index contributed by atoms with van der Waals surface area (Å²) in [5, 5.41) is 14.3. The number of anilines is 1. The Morgan fingerprint density at radius 2 is 1.76 bits per heavy atom. The second kappa shape index (κ2) is 18.2. The van der Waals surface area contributed by atoms with Crippen molar-refractivity contribution in [3.8, 4) is 0 Å². The topological polar surface area (TPSA) is 135 Å². The van der Waals surface area contributed by atoms with Crippen molar-refractivity contribution in [2.24, 2.45) is 11.8 Å². The Morgan fingerprint density at radius 1 is 1.02 bits per heavy atom. The maximum Gasteiger partial charge on any atom is 0.313 e. The van der Waals surface area contributed by atoms with E-state index >= 15 is 4.79 Å². The molecule has 2 bridgehead atoms. The minimum atomic E-state index is -1.24. The van der Waals surface area contributed by atoms with E-state index in [-0.39, 0.29) is 43.9 Å². The highest BCUT2D eigenvalue weighted by Crippen LogP contribution is 2.59. The Hall–Kier alpha value is -4.84. The minimum absolute atomic E-state index is 0.0676. The number of esters is 1. The van der Waals surface area contributed by atoms with E-state index in [9.17, 15) is 19.5 Å². The first-order valence-electron chi connectivity index (χ1n) is 19.4. The number of allylic oxidation sites excluding steroid dienone is 1. The lowest BCUT2D eigenvalue weighted by molar-refractivity contribution is -0.163. The standard InChI is InChI=1S/C44H53N3O8/c1-4-6-20-36(49)45-34(29-53-3)39(31-17-10-9-11-18-31)54-43(52)37-35-23-24-44(55-35)38(37)41(50)47(26-14-7-8-15-27-48)40(44)42(51)46(25-5-2)33-22-21-30-16-12-13-19-32(30)28-33/h4-5,9-13,16-19,21-22,28,34-35,37-40,48H,1-2,6-8,14-15,20,23-27,29H2,3H3,(H,45,49)/t34-,35+,37-,38-,39-,40+,44-/m0/s1. The van der Waals surface area contributed by atoms with Gasteiger partial charge in [0.1, 0.15) is 17.7 Å². The Labute approximate surface area is 323 Å². The fourth-order valence-corrected chi connectivity index (χ4v) is 8.76. The summed E-state index contributed by atoms with van der Waals surface area (Å²) in [7, 11) is 1.51. The normalized spacial score (nSPS) is 23.6. The van der Waals surface area contributed by atoms with Crippen molar-refractivity contribution >= 4 is 40.2 Å². The summed E-state index contributed by atoms with van der Waals surface area (Å²) in [6, 6.07) is 21.2. The summed E-state index contributed by atoms with van der Waals surface area (Å²) in [5.74, 6) is -3.35. The molecule has 3 aromatic rings. The van der Waals surface area contributed by atoms with Crippen LogP contribution in [-0.4, -0.2) is 90.9 Å². The van der Waals surface area contributed by atoms with Gasteiger partial charge in [-0.15, -0.1) is 13.2 Å². The highest BCUT2D eigenvalue weighted by atomic mass is 16.6. The molecule has 6 rings (SSSR count). The van der Waals surface area contributed by atoms with Crippen molar-refractivity contribution < 1.29 is 38.5 Å². The Balaban J connectivity index is 1.33. The number of methoxy groups -OCH3 is 1. The van der Waals surface area contributed by atoms with E-state index in [1.807, 2.05) is 72.8 Å². The van der Waals surface area contributed by atoms with E-state index in [0.717, 1.165) is 23.6 Å².